The van der Waals surface area contributed by atoms with Crippen molar-refractivity contribution in [1.29, 1.82) is 0 Å². The van der Waals surface area contributed by atoms with Gasteiger partial charge in [0.2, 0.25) is 0 Å². The van der Waals surface area contributed by atoms with E-state index < -0.39 is 23.5 Å². The maximum absolute atomic E-state index is 14.0. The third-order valence-electron chi connectivity index (χ3n) is 7.58. The van der Waals surface area contributed by atoms with Gasteiger partial charge >= 0.3 is 309 Å². The molecule has 6 radical (unpaired) electrons. The molecule has 46 heavy (non-hydrogen) atoms. The van der Waals surface area contributed by atoms with Crippen molar-refractivity contribution in [3.05, 3.63) is 145 Å². The third kappa shape index (κ3) is 8.62. The van der Waals surface area contributed by atoms with Gasteiger partial charge in [-0.15, -0.1) is 0 Å². The van der Waals surface area contributed by atoms with E-state index in [1.807, 2.05) is 66.8 Å². The van der Waals surface area contributed by atoms with Crippen LogP contribution in [0.5, 0.6) is 0 Å². The van der Waals surface area contributed by atoms with Crippen LogP contribution in [0.2, 0.25) is 3.98 Å². The van der Waals surface area contributed by atoms with Gasteiger partial charge in [-0.05, 0) is 0 Å². The van der Waals surface area contributed by atoms with Gasteiger partial charge in [0, 0.05) is 0 Å². The first-order valence-electron chi connectivity index (χ1n) is 14.3. The number of allylic oxidation sites excluding steroid dienone is 11. The molecule has 1 aliphatic heterocycles. The van der Waals surface area contributed by atoms with E-state index in [2.05, 4.69) is 30.8 Å². The first-order chi connectivity index (χ1) is 21.8. The number of rotatable bonds is 6. The standard InChI is InChI=1S/C36H26F6S2.2Pb/c1-2-23(30-10-3-5-12-32(30)43)14-16-25-8-7-9-26(17-15-24-18-19-44-33-13-6-4-11-31(24)33)34(25)27-20-28(35(37,38)39)22-29(21-27)36(40,41)42;;/h2-6,10-18,20-22,43H,1,7-9H2;;/b16-14+,23-2-,24-15+,26-17+;;. The van der Waals surface area contributed by atoms with Gasteiger partial charge in [-0.1, -0.05) is 0 Å². The predicted octanol–water partition coefficient (Wildman–Crippen LogP) is 11.3. The number of thioether (sulfide) groups is 1. The molecule has 0 atom stereocenters. The fourth-order valence-corrected chi connectivity index (χ4v) is 9.40. The van der Waals surface area contributed by atoms with Gasteiger partial charge in [-0.2, -0.15) is 0 Å². The second-order valence-electron chi connectivity index (χ2n) is 10.7. The van der Waals surface area contributed by atoms with Crippen LogP contribution in [0.25, 0.3) is 16.7 Å². The Morgan fingerprint density at radius 2 is 1.54 bits per heavy atom. The summed E-state index contributed by atoms with van der Waals surface area (Å²) in [4.78, 5) is 1.90. The molecule has 0 bridgehead atoms. The minimum atomic E-state index is -4.94. The average Bonchev–Trinajstić information content (AvgIpc) is 3.01. The number of hydrogen-bond acceptors (Lipinski definition) is 2. The number of alkyl halides is 6. The van der Waals surface area contributed by atoms with Crippen LogP contribution in [-0.2, 0) is 12.4 Å². The van der Waals surface area contributed by atoms with E-state index in [9.17, 15) is 26.3 Å². The molecule has 1 heterocycles. The summed E-state index contributed by atoms with van der Waals surface area (Å²) in [6, 6.07) is 17.5. The molecule has 0 amide bonds. The molecule has 0 aromatic heterocycles. The van der Waals surface area contributed by atoms with Crippen LogP contribution < -0.4 is 0 Å². The second-order valence-corrected chi connectivity index (χ2v) is 17.3. The normalized spacial score (nSPS) is 18.0. The first-order valence-corrected chi connectivity index (χ1v) is 20.3. The number of hydrogen-bond donors (Lipinski definition) is 1. The van der Waals surface area contributed by atoms with E-state index in [-0.39, 0.29) is 11.6 Å². The molecule has 10 heteroatoms. The van der Waals surface area contributed by atoms with Gasteiger partial charge in [-0.25, -0.2) is 0 Å². The zero-order chi connectivity index (χ0) is 33.1. The van der Waals surface area contributed by atoms with Crippen LogP contribution in [0.1, 0.15) is 47.1 Å². The van der Waals surface area contributed by atoms with E-state index in [0.29, 0.717) is 36.0 Å². The quantitative estimate of drug-likeness (QED) is 0.111. The summed E-state index contributed by atoms with van der Waals surface area (Å²) in [5.41, 5.74) is 2.91. The molecular formula is C36H26F6Pb2S2. The molecule has 0 spiro atoms. The molecule has 5 rings (SSSR count). The molecule has 3 aromatic rings. The zero-order valence-electron chi connectivity index (χ0n) is 24.3. The van der Waals surface area contributed by atoms with Gasteiger partial charge in [0.15, 0.2) is 0 Å². The molecule has 0 fully saturated rings. The molecule has 3 aromatic carbocycles. The predicted molar refractivity (Wildman–Crippen MR) is 181 cm³/mol. The van der Waals surface area contributed by atoms with Crippen LogP contribution in [0.3, 0.4) is 0 Å². The fraction of sp³-hybridized carbons (Fsp3) is 0.167. The van der Waals surface area contributed by atoms with Crippen molar-refractivity contribution in [2.45, 2.75) is 45.4 Å². The van der Waals surface area contributed by atoms with E-state index in [1.165, 1.54) is 2.46 Å². The first kappa shape index (κ1) is 35.5. The molecule has 0 saturated carbocycles. The number of halogens is 6. The van der Waals surface area contributed by atoms with Crippen molar-refractivity contribution in [3.63, 3.8) is 0 Å². The number of fused-ring (bicyclic) bond motifs is 1. The maximum atomic E-state index is 14.0. The summed E-state index contributed by atoms with van der Waals surface area (Å²) >= 11 is 8.10. The van der Waals surface area contributed by atoms with Crippen molar-refractivity contribution in [1.82, 2.24) is 0 Å². The summed E-state index contributed by atoms with van der Waals surface area (Å²) in [7, 11) is 0. The molecule has 0 unspecified atom stereocenters. The summed E-state index contributed by atoms with van der Waals surface area (Å²) in [6.07, 6.45) is 3.63. The van der Waals surface area contributed by atoms with E-state index in [4.69, 9.17) is 0 Å². The van der Waals surface area contributed by atoms with Gasteiger partial charge in [0.1, 0.15) is 0 Å². The van der Waals surface area contributed by atoms with Gasteiger partial charge in [0.05, 0.1) is 0 Å². The van der Waals surface area contributed by atoms with Gasteiger partial charge in [-0.3, -0.25) is 0 Å². The monoisotopic (exact) mass is 1050 g/mol. The Morgan fingerprint density at radius 1 is 0.870 bits per heavy atom. The van der Waals surface area contributed by atoms with E-state index in [0.717, 1.165) is 99.7 Å². The zero-order valence-corrected chi connectivity index (χ0v) is 33.8. The Balaban J connectivity index is 1.73. The molecule has 1 aliphatic carbocycles. The SMILES string of the molecule is FC(F)(F)c1cc(C2=C(/C=C/C(=C/[CH2][Pb])c3ccccc3S)CCC/C2=C\C=C2/C=[C]([Pb])Sc3ccccc32)cc(C(F)(F)F)c1. The van der Waals surface area contributed by atoms with Crippen molar-refractivity contribution < 1.29 is 26.3 Å². The Bertz CT molecular complexity index is 1790. The van der Waals surface area contributed by atoms with Crippen molar-refractivity contribution in [2.75, 3.05) is 0 Å². The fourth-order valence-electron chi connectivity index (χ4n) is 5.50. The van der Waals surface area contributed by atoms with Crippen LogP contribution in [0.15, 0.2) is 127 Å². The number of benzene rings is 3. The summed E-state index contributed by atoms with van der Waals surface area (Å²) < 4.78 is 86.0. The summed E-state index contributed by atoms with van der Waals surface area (Å²) in [5.74, 6) is 0. The molecular weight excluding hydrogens is 1020 g/mol. The molecule has 0 nitrogen and oxygen atoms in total. The van der Waals surface area contributed by atoms with E-state index in [1.54, 1.807) is 11.8 Å². The minimum absolute atomic E-state index is 0.0899. The second kappa shape index (κ2) is 15.2. The Hall–Kier alpha value is -1.78. The topological polar surface area (TPSA) is 0 Å². The van der Waals surface area contributed by atoms with Crippen LogP contribution >= 0.6 is 24.4 Å². The van der Waals surface area contributed by atoms with Gasteiger partial charge in [0.25, 0.3) is 0 Å². The molecule has 0 saturated heterocycles. The summed E-state index contributed by atoms with van der Waals surface area (Å²) in [5, 5.41) is 0. The Kier molecular flexibility index (Phi) is 11.7. The Morgan fingerprint density at radius 3 is 2.22 bits per heavy atom. The van der Waals surface area contributed by atoms with E-state index >= 15 is 0 Å². The third-order valence-corrected chi connectivity index (χ3v) is 11.4. The number of thiol groups is 1. The molecule has 2 aliphatic rings. The van der Waals surface area contributed by atoms with Crippen LogP contribution in [0.4, 0.5) is 26.3 Å². The van der Waals surface area contributed by atoms with Crippen molar-refractivity contribution in [2.24, 2.45) is 0 Å². The van der Waals surface area contributed by atoms with Crippen LogP contribution in [-0.4, -0.2) is 51.5 Å². The van der Waals surface area contributed by atoms with Crippen molar-refractivity contribution in [3.8, 4) is 0 Å². The summed E-state index contributed by atoms with van der Waals surface area (Å²) in [6.45, 7) is 0. The van der Waals surface area contributed by atoms with Crippen LogP contribution in [0, 0.1) is 0 Å². The average molecular weight is 1050 g/mol. The molecule has 0 N–H and O–H groups in total. The molecule has 232 valence electrons. The van der Waals surface area contributed by atoms with Gasteiger partial charge < -0.3 is 0 Å². The Labute approximate surface area is 306 Å². The van der Waals surface area contributed by atoms with Crippen molar-refractivity contribution >= 4 is 92.6 Å².